The average Bonchev–Trinajstić information content (AvgIpc) is 2.78. The van der Waals surface area contributed by atoms with E-state index in [-0.39, 0.29) is 6.04 Å². The van der Waals surface area contributed by atoms with Crippen LogP contribution in [0.3, 0.4) is 0 Å². The van der Waals surface area contributed by atoms with Gasteiger partial charge in [-0.1, -0.05) is 6.92 Å². The summed E-state index contributed by atoms with van der Waals surface area (Å²) in [4.78, 5) is 0.387. The van der Waals surface area contributed by atoms with Crippen molar-refractivity contribution < 1.29 is 8.42 Å². The van der Waals surface area contributed by atoms with Crippen molar-refractivity contribution in [2.24, 2.45) is 7.05 Å². The molecule has 0 amide bonds. The van der Waals surface area contributed by atoms with Crippen LogP contribution in [0.5, 0.6) is 0 Å². The summed E-state index contributed by atoms with van der Waals surface area (Å²) in [6, 6.07) is 1.74. The normalized spacial score (nSPS) is 21.4. The lowest BCUT2D eigenvalue weighted by Crippen LogP contribution is -2.48. The third-order valence-electron chi connectivity index (χ3n) is 3.40. The van der Waals surface area contributed by atoms with Gasteiger partial charge in [-0.25, -0.2) is 8.42 Å². The van der Waals surface area contributed by atoms with Gasteiger partial charge in [-0.15, -0.1) is 0 Å². The van der Waals surface area contributed by atoms with Crippen molar-refractivity contribution in [1.29, 1.82) is 0 Å². The van der Waals surface area contributed by atoms with Gasteiger partial charge in [0, 0.05) is 38.6 Å². The predicted molar refractivity (Wildman–Crippen MR) is 70.9 cm³/mol. The van der Waals surface area contributed by atoms with Crippen LogP contribution in [-0.2, 0) is 17.1 Å². The highest BCUT2D eigenvalue weighted by Gasteiger charge is 2.31. The van der Waals surface area contributed by atoms with Crippen LogP contribution < -0.4 is 5.32 Å². The highest BCUT2D eigenvalue weighted by molar-refractivity contribution is 7.89. The molecule has 1 aromatic heterocycles. The predicted octanol–water partition coefficient (Wildman–Crippen LogP) is 0.788. The van der Waals surface area contributed by atoms with Crippen molar-refractivity contribution in [2.45, 2.75) is 30.7 Å². The third-order valence-corrected chi connectivity index (χ3v) is 5.41. The quantitative estimate of drug-likeness (QED) is 0.881. The molecule has 2 heterocycles. The fraction of sp³-hybridized carbons (Fsp3) is 0.667. The molecule has 1 N–H and O–H groups in total. The number of likely N-dealkylation sites (N-methyl/N-ethyl adjacent to an activating group) is 1. The number of aryl methyl sites for hydroxylation is 1. The second-order valence-electron chi connectivity index (χ2n) is 4.72. The van der Waals surface area contributed by atoms with Crippen LogP contribution in [0.1, 0.15) is 19.8 Å². The first-order valence-corrected chi connectivity index (χ1v) is 7.84. The number of hydrogen-bond acceptors (Lipinski definition) is 3. The van der Waals surface area contributed by atoms with Crippen LogP contribution in [0.15, 0.2) is 23.4 Å². The van der Waals surface area contributed by atoms with Crippen molar-refractivity contribution in [2.75, 3.05) is 19.6 Å². The molecule has 102 valence electrons. The maximum absolute atomic E-state index is 12.6. The Labute approximate surface area is 109 Å². The summed E-state index contributed by atoms with van der Waals surface area (Å²) in [6.45, 7) is 4.15. The van der Waals surface area contributed by atoms with Crippen molar-refractivity contribution in [3.63, 3.8) is 0 Å². The lowest BCUT2D eigenvalue weighted by atomic mass is 10.1. The minimum Gasteiger partial charge on any atom is -0.356 e. The lowest BCUT2D eigenvalue weighted by molar-refractivity contribution is 0.274. The van der Waals surface area contributed by atoms with Gasteiger partial charge in [-0.05, 0) is 25.5 Å². The Morgan fingerprint density at radius 1 is 1.56 bits per heavy atom. The van der Waals surface area contributed by atoms with Crippen LogP contribution in [0.25, 0.3) is 0 Å². The van der Waals surface area contributed by atoms with E-state index in [0.717, 1.165) is 25.9 Å². The van der Waals surface area contributed by atoms with E-state index < -0.39 is 10.0 Å². The zero-order valence-corrected chi connectivity index (χ0v) is 11.8. The largest absolute Gasteiger partial charge is 0.356 e. The number of rotatable bonds is 4. The van der Waals surface area contributed by atoms with E-state index in [9.17, 15) is 8.42 Å². The van der Waals surface area contributed by atoms with Gasteiger partial charge in [0.05, 0.1) is 4.90 Å². The summed E-state index contributed by atoms with van der Waals surface area (Å²) < 4.78 is 28.5. The van der Waals surface area contributed by atoms with E-state index in [1.54, 1.807) is 27.3 Å². The molecule has 0 spiro atoms. The fourth-order valence-electron chi connectivity index (χ4n) is 2.47. The van der Waals surface area contributed by atoms with Crippen LogP contribution >= 0.6 is 0 Å². The Balaban J connectivity index is 2.25. The van der Waals surface area contributed by atoms with Gasteiger partial charge < -0.3 is 9.88 Å². The summed E-state index contributed by atoms with van der Waals surface area (Å²) in [6.07, 6.45) is 5.40. The minimum absolute atomic E-state index is 0.0777. The van der Waals surface area contributed by atoms with E-state index in [1.165, 1.54) is 0 Å². The second-order valence-corrected chi connectivity index (χ2v) is 6.61. The Morgan fingerprint density at radius 2 is 2.33 bits per heavy atom. The van der Waals surface area contributed by atoms with Crippen molar-refractivity contribution >= 4 is 10.0 Å². The molecule has 0 aliphatic carbocycles. The Bertz CT molecular complexity index is 489. The highest BCUT2D eigenvalue weighted by Crippen LogP contribution is 2.21. The molecule has 1 atom stereocenters. The first kappa shape index (κ1) is 13.6. The molecule has 1 aromatic rings. The highest BCUT2D eigenvalue weighted by atomic mass is 32.2. The molecule has 1 aliphatic heterocycles. The molecule has 0 bridgehead atoms. The topological polar surface area (TPSA) is 54.3 Å². The van der Waals surface area contributed by atoms with Crippen molar-refractivity contribution in [3.8, 4) is 0 Å². The van der Waals surface area contributed by atoms with Gasteiger partial charge >= 0.3 is 0 Å². The lowest BCUT2D eigenvalue weighted by Gasteiger charge is -2.32. The number of nitrogens with zero attached hydrogens (tertiary/aromatic N) is 2. The van der Waals surface area contributed by atoms with Crippen LogP contribution in [0.2, 0.25) is 0 Å². The molecule has 0 aromatic carbocycles. The molecule has 1 fully saturated rings. The zero-order valence-electron chi connectivity index (χ0n) is 11.0. The molecule has 18 heavy (non-hydrogen) atoms. The monoisotopic (exact) mass is 271 g/mol. The van der Waals surface area contributed by atoms with Crippen LogP contribution in [0, 0.1) is 0 Å². The van der Waals surface area contributed by atoms with Gasteiger partial charge in [0.15, 0.2) is 0 Å². The molecule has 0 radical (unpaired) electrons. The van der Waals surface area contributed by atoms with Gasteiger partial charge in [0.1, 0.15) is 0 Å². The van der Waals surface area contributed by atoms with Crippen LogP contribution in [0.4, 0.5) is 0 Å². The smallest absolute Gasteiger partial charge is 0.244 e. The molecular formula is C12H21N3O2S. The summed E-state index contributed by atoms with van der Waals surface area (Å²) in [7, 11) is -1.53. The van der Waals surface area contributed by atoms with Crippen molar-refractivity contribution in [1.82, 2.24) is 14.2 Å². The van der Waals surface area contributed by atoms with Crippen LogP contribution in [-0.4, -0.2) is 43.0 Å². The van der Waals surface area contributed by atoms with E-state index in [1.807, 2.05) is 14.0 Å². The van der Waals surface area contributed by atoms with Gasteiger partial charge in [0.25, 0.3) is 0 Å². The summed E-state index contributed by atoms with van der Waals surface area (Å²) in [5.74, 6) is 0. The molecular weight excluding hydrogens is 250 g/mol. The number of nitrogens with one attached hydrogen (secondary N) is 1. The third kappa shape index (κ3) is 2.60. The summed E-state index contributed by atoms with van der Waals surface area (Å²) >= 11 is 0. The van der Waals surface area contributed by atoms with Gasteiger partial charge in [-0.3, -0.25) is 0 Å². The Kier molecular flexibility index (Phi) is 4.09. The Morgan fingerprint density at radius 3 is 2.83 bits per heavy atom. The molecule has 6 heteroatoms. The number of hydrogen-bond donors (Lipinski definition) is 1. The molecule has 5 nitrogen and oxygen atoms in total. The van der Waals surface area contributed by atoms with Crippen molar-refractivity contribution in [3.05, 3.63) is 18.5 Å². The standard InChI is InChI=1S/C12H21N3O2S/c1-3-15(11-5-4-7-13-9-11)18(16,17)12-6-8-14(2)10-12/h6,8,10-11,13H,3-5,7,9H2,1-2H3. The molecule has 1 saturated heterocycles. The summed E-state index contributed by atoms with van der Waals surface area (Å²) in [5.41, 5.74) is 0. The van der Waals surface area contributed by atoms with E-state index in [2.05, 4.69) is 5.32 Å². The molecule has 0 saturated carbocycles. The SMILES string of the molecule is CCN(C1CCCNC1)S(=O)(=O)c1ccn(C)c1. The number of aromatic nitrogens is 1. The van der Waals surface area contributed by atoms with E-state index in [0.29, 0.717) is 11.4 Å². The maximum atomic E-state index is 12.6. The number of piperidine rings is 1. The number of sulfonamides is 1. The Hall–Kier alpha value is -0.850. The maximum Gasteiger partial charge on any atom is 0.244 e. The van der Waals surface area contributed by atoms with E-state index in [4.69, 9.17) is 0 Å². The molecule has 2 rings (SSSR count). The fourth-order valence-corrected chi connectivity index (χ4v) is 4.18. The minimum atomic E-state index is -3.36. The second kappa shape index (κ2) is 5.42. The van der Waals surface area contributed by atoms with E-state index >= 15 is 0 Å². The summed E-state index contributed by atoms with van der Waals surface area (Å²) in [5, 5.41) is 3.27. The van der Waals surface area contributed by atoms with Gasteiger partial charge in [-0.2, -0.15) is 4.31 Å². The zero-order chi connectivity index (χ0) is 13.2. The first-order chi connectivity index (χ1) is 8.55. The molecule has 1 aliphatic rings. The average molecular weight is 271 g/mol. The first-order valence-electron chi connectivity index (χ1n) is 6.40. The van der Waals surface area contributed by atoms with Gasteiger partial charge in [0.2, 0.25) is 10.0 Å². The molecule has 1 unspecified atom stereocenters.